The van der Waals surface area contributed by atoms with Crippen LogP contribution in [-0.2, 0) is 11.2 Å². The van der Waals surface area contributed by atoms with E-state index in [4.69, 9.17) is 9.84 Å². The molecular weight excluding hydrogens is 199 g/mol. The van der Waals surface area contributed by atoms with Gasteiger partial charge in [0.1, 0.15) is 0 Å². The Morgan fingerprint density at radius 3 is 2.73 bits per heavy atom. The van der Waals surface area contributed by atoms with Crippen LogP contribution in [0.4, 0.5) is 4.39 Å². The zero-order valence-corrected chi connectivity index (χ0v) is 8.71. The van der Waals surface area contributed by atoms with Gasteiger partial charge in [0.15, 0.2) is 11.6 Å². The van der Waals surface area contributed by atoms with Crippen molar-refractivity contribution < 1.29 is 19.0 Å². The molecule has 0 atom stereocenters. The summed E-state index contributed by atoms with van der Waals surface area (Å²) in [5.74, 6) is -1.15. The fraction of sp³-hybridized carbons (Fsp3) is 0.364. The molecule has 0 aromatic heterocycles. The molecule has 82 valence electrons. The van der Waals surface area contributed by atoms with E-state index >= 15 is 0 Å². The van der Waals surface area contributed by atoms with Gasteiger partial charge in [0, 0.05) is 6.42 Å². The number of hydrogen-bond donors (Lipinski definition) is 1. The molecule has 0 aliphatic rings. The predicted molar refractivity (Wildman–Crippen MR) is 53.6 cm³/mol. The van der Waals surface area contributed by atoms with Gasteiger partial charge in [-0.25, -0.2) is 4.39 Å². The van der Waals surface area contributed by atoms with E-state index < -0.39 is 11.8 Å². The molecule has 4 heteroatoms. The Balaban J connectivity index is 2.90. The zero-order valence-electron chi connectivity index (χ0n) is 8.71. The molecule has 3 nitrogen and oxygen atoms in total. The van der Waals surface area contributed by atoms with Crippen molar-refractivity contribution >= 4 is 5.97 Å². The first-order chi connectivity index (χ1) is 7.04. The number of benzene rings is 1. The second-order valence-corrected chi connectivity index (χ2v) is 3.31. The summed E-state index contributed by atoms with van der Waals surface area (Å²) in [7, 11) is 1.40. The maximum atomic E-state index is 13.3. The number of hydrogen-bond acceptors (Lipinski definition) is 2. The molecule has 0 amide bonds. The third-order valence-corrected chi connectivity index (χ3v) is 2.22. The number of carbonyl (C=O) groups is 1. The van der Waals surface area contributed by atoms with Crippen molar-refractivity contribution in [3.8, 4) is 5.75 Å². The summed E-state index contributed by atoms with van der Waals surface area (Å²) in [6, 6.07) is 2.91. The minimum absolute atomic E-state index is 0.00656. The summed E-state index contributed by atoms with van der Waals surface area (Å²) in [6.07, 6.45) is 0.342. The highest BCUT2D eigenvalue weighted by atomic mass is 19.1. The van der Waals surface area contributed by atoms with Crippen molar-refractivity contribution in [3.05, 3.63) is 29.1 Å². The van der Waals surface area contributed by atoms with Gasteiger partial charge in [0.25, 0.3) is 0 Å². The number of halogens is 1. The maximum absolute atomic E-state index is 13.3. The molecule has 1 aromatic carbocycles. The predicted octanol–water partition coefficient (Wildman–Crippen LogP) is 2.16. The van der Waals surface area contributed by atoms with Crippen molar-refractivity contribution in [3.63, 3.8) is 0 Å². The molecule has 0 aliphatic heterocycles. The van der Waals surface area contributed by atoms with Gasteiger partial charge in [-0.05, 0) is 36.6 Å². The van der Waals surface area contributed by atoms with Crippen LogP contribution < -0.4 is 4.74 Å². The zero-order chi connectivity index (χ0) is 11.4. The third kappa shape index (κ3) is 2.94. The summed E-state index contributed by atoms with van der Waals surface area (Å²) in [6.45, 7) is 1.80. The topological polar surface area (TPSA) is 46.5 Å². The van der Waals surface area contributed by atoms with Gasteiger partial charge >= 0.3 is 5.97 Å². The van der Waals surface area contributed by atoms with Crippen LogP contribution in [0.15, 0.2) is 12.1 Å². The van der Waals surface area contributed by atoms with Crippen LogP contribution in [0.25, 0.3) is 0 Å². The smallest absolute Gasteiger partial charge is 0.303 e. The number of aryl methyl sites for hydroxylation is 2. The van der Waals surface area contributed by atoms with Gasteiger partial charge in [0.2, 0.25) is 0 Å². The van der Waals surface area contributed by atoms with Gasteiger partial charge in [-0.15, -0.1) is 0 Å². The fourth-order valence-corrected chi connectivity index (χ4v) is 1.36. The third-order valence-electron chi connectivity index (χ3n) is 2.22. The molecule has 0 spiro atoms. The van der Waals surface area contributed by atoms with Crippen molar-refractivity contribution in [2.24, 2.45) is 0 Å². The van der Waals surface area contributed by atoms with Crippen LogP contribution in [0, 0.1) is 12.7 Å². The van der Waals surface area contributed by atoms with Crippen LogP contribution >= 0.6 is 0 Å². The lowest BCUT2D eigenvalue weighted by Crippen LogP contribution is -2.00. The number of ether oxygens (including phenoxy) is 1. The van der Waals surface area contributed by atoms with Gasteiger partial charge in [-0.1, -0.05) is 0 Å². The van der Waals surface area contributed by atoms with E-state index in [1.165, 1.54) is 13.2 Å². The highest BCUT2D eigenvalue weighted by Gasteiger charge is 2.08. The Kier molecular flexibility index (Phi) is 3.66. The molecule has 0 saturated carbocycles. The Bertz CT molecular complexity index is 374. The second kappa shape index (κ2) is 4.77. The van der Waals surface area contributed by atoms with Crippen molar-refractivity contribution in [1.29, 1.82) is 0 Å². The van der Waals surface area contributed by atoms with Crippen LogP contribution in [-0.4, -0.2) is 18.2 Å². The molecule has 0 radical (unpaired) electrons. The molecule has 1 rings (SSSR count). The Morgan fingerprint density at radius 1 is 1.53 bits per heavy atom. The van der Waals surface area contributed by atoms with E-state index in [1.54, 1.807) is 13.0 Å². The molecule has 1 aromatic rings. The lowest BCUT2D eigenvalue weighted by Gasteiger charge is -2.08. The SMILES string of the molecule is COc1cc(C)c(CCC(=O)O)cc1F. The first-order valence-electron chi connectivity index (χ1n) is 4.59. The Labute approximate surface area is 87.5 Å². The quantitative estimate of drug-likeness (QED) is 0.831. The minimum atomic E-state index is -0.884. The van der Waals surface area contributed by atoms with Crippen LogP contribution in [0.5, 0.6) is 5.75 Å². The van der Waals surface area contributed by atoms with Crippen LogP contribution in [0.2, 0.25) is 0 Å². The average molecular weight is 212 g/mol. The first kappa shape index (κ1) is 11.5. The van der Waals surface area contributed by atoms with Crippen LogP contribution in [0.1, 0.15) is 17.5 Å². The summed E-state index contributed by atoms with van der Waals surface area (Å²) in [5, 5.41) is 8.52. The molecule has 1 N–H and O–H groups in total. The first-order valence-corrected chi connectivity index (χ1v) is 4.59. The summed E-state index contributed by atoms with van der Waals surface area (Å²) in [4.78, 5) is 10.4. The summed E-state index contributed by atoms with van der Waals surface area (Å²) < 4.78 is 18.1. The highest BCUT2D eigenvalue weighted by molar-refractivity contribution is 5.67. The lowest BCUT2D eigenvalue weighted by atomic mass is 10.0. The number of carboxylic acid groups (broad SMARTS) is 1. The van der Waals surface area contributed by atoms with E-state index in [9.17, 15) is 9.18 Å². The van der Waals surface area contributed by atoms with Gasteiger partial charge in [0.05, 0.1) is 7.11 Å². The minimum Gasteiger partial charge on any atom is -0.494 e. The Hall–Kier alpha value is -1.58. The molecule has 0 bridgehead atoms. The van der Waals surface area contributed by atoms with E-state index in [2.05, 4.69) is 0 Å². The summed E-state index contributed by atoms with van der Waals surface area (Å²) in [5.41, 5.74) is 1.55. The van der Waals surface area contributed by atoms with Gasteiger partial charge < -0.3 is 9.84 Å². The molecular formula is C11H13FO3. The molecule has 0 heterocycles. The molecule has 0 aliphatic carbocycles. The molecule has 0 unspecified atom stereocenters. The van der Waals surface area contributed by atoms with E-state index in [1.807, 2.05) is 0 Å². The van der Waals surface area contributed by atoms with E-state index in [-0.39, 0.29) is 12.2 Å². The lowest BCUT2D eigenvalue weighted by molar-refractivity contribution is -0.136. The normalized spacial score (nSPS) is 10.1. The number of carboxylic acids is 1. The second-order valence-electron chi connectivity index (χ2n) is 3.31. The standard InChI is InChI=1S/C11H13FO3/c1-7-5-10(15-2)9(12)6-8(7)3-4-11(13)14/h5-6H,3-4H2,1-2H3,(H,13,14). The highest BCUT2D eigenvalue weighted by Crippen LogP contribution is 2.22. The summed E-state index contributed by atoms with van der Waals surface area (Å²) >= 11 is 0. The number of rotatable bonds is 4. The van der Waals surface area contributed by atoms with Gasteiger partial charge in [-0.3, -0.25) is 4.79 Å². The fourth-order valence-electron chi connectivity index (χ4n) is 1.36. The van der Waals surface area contributed by atoms with Gasteiger partial charge in [-0.2, -0.15) is 0 Å². The van der Waals surface area contributed by atoms with Crippen molar-refractivity contribution in [1.82, 2.24) is 0 Å². The number of aliphatic carboxylic acids is 1. The number of methoxy groups -OCH3 is 1. The largest absolute Gasteiger partial charge is 0.494 e. The van der Waals surface area contributed by atoms with E-state index in [0.717, 1.165) is 5.56 Å². The Morgan fingerprint density at radius 2 is 2.20 bits per heavy atom. The monoisotopic (exact) mass is 212 g/mol. The van der Waals surface area contributed by atoms with Crippen molar-refractivity contribution in [2.75, 3.05) is 7.11 Å². The van der Waals surface area contributed by atoms with Crippen molar-refractivity contribution in [2.45, 2.75) is 19.8 Å². The molecule has 0 fully saturated rings. The molecule has 0 saturated heterocycles. The van der Waals surface area contributed by atoms with E-state index in [0.29, 0.717) is 12.0 Å². The maximum Gasteiger partial charge on any atom is 0.303 e. The average Bonchev–Trinajstić information content (AvgIpc) is 2.18. The van der Waals surface area contributed by atoms with Crippen LogP contribution in [0.3, 0.4) is 0 Å². The molecule has 15 heavy (non-hydrogen) atoms.